The van der Waals surface area contributed by atoms with Gasteiger partial charge in [0.05, 0.1) is 28.5 Å². The third kappa shape index (κ3) is 3.37. The molecule has 3 fully saturated rings. The Morgan fingerprint density at radius 2 is 2.03 bits per heavy atom. The Kier molecular flexibility index (Phi) is 5.25. The van der Waals surface area contributed by atoms with Crippen LogP contribution >= 0.6 is 0 Å². The fraction of sp³-hybridized carbons (Fsp3) is 0.429. The monoisotopic (exact) mass is 482 g/mol. The summed E-state index contributed by atoms with van der Waals surface area (Å²) in [4.78, 5) is 30.2. The smallest absolute Gasteiger partial charge is 0.260 e. The van der Waals surface area contributed by atoms with Crippen LogP contribution in [0.25, 0.3) is 22.0 Å². The second kappa shape index (κ2) is 8.37. The first-order valence-electron chi connectivity index (χ1n) is 12.7. The van der Waals surface area contributed by atoms with E-state index in [1.165, 1.54) is 6.08 Å². The van der Waals surface area contributed by atoms with Gasteiger partial charge in [-0.1, -0.05) is 25.5 Å². The highest BCUT2D eigenvalue weighted by atomic mass is 16.2. The zero-order valence-corrected chi connectivity index (χ0v) is 20.6. The molecule has 2 saturated heterocycles. The maximum Gasteiger partial charge on any atom is 0.260 e. The van der Waals surface area contributed by atoms with Crippen molar-refractivity contribution < 1.29 is 4.79 Å². The summed E-state index contributed by atoms with van der Waals surface area (Å²) in [5.74, 6) is -0.0301. The van der Waals surface area contributed by atoms with Gasteiger partial charge in [0.1, 0.15) is 6.07 Å². The molecule has 2 aliphatic heterocycles. The standard InChI is InChI=1S/C28H30N6O2/c1-3-24(35)33-16-28(17-33)10-11-32(15-28)23-14-34(19-6-4-5-7-19)27(36)26(20(23)12-29)25-18(2)8-9-22-21(25)13-30-31-22/h3,8-9,13-14,19H,1,4-7,10-11,15-17H2,2H3,(H,30,31). The van der Waals surface area contributed by atoms with Gasteiger partial charge in [-0.3, -0.25) is 14.7 Å². The number of likely N-dealkylation sites (tertiary alicyclic amines) is 1. The first kappa shape index (κ1) is 22.6. The molecule has 0 bridgehead atoms. The van der Waals surface area contributed by atoms with Crippen LogP contribution in [-0.4, -0.2) is 51.8 Å². The number of H-pyrrole nitrogens is 1. The number of amides is 1. The quantitative estimate of drug-likeness (QED) is 0.569. The molecule has 6 rings (SSSR count). The van der Waals surface area contributed by atoms with Crippen molar-refractivity contribution in [3.05, 3.63) is 58.7 Å². The SMILES string of the molecule is C=CC(=O)N1CC2(CCN(c3cn(C4CCCC4)c(=O)c(-c4c(C)ccc5[nH]ncc45)c3C#N)C2)C1. The lowest BCUT2D eigenvalue weighted by molar-refractivity contribution is -0.136. The minimum Gasteiger partial charge on any atom is -0.369 e. The van der Waals surface area contributed by atoms with Crippen molar-refractivity contribution in [2.24, 2.45) is 5.41 Å². The number of carbonyl (C=O) groups excluding carboxylic acids is 1. The minimum atomic E-state index is -0.0979. The number of rotatable bonds is 4. The van der Waals surface area contributed by atoms with Crippen LogP contribution in [0, 0.1) is 23.7 Å². The molecule has 3 aliphatic rings. The molecular weight excluding hydrogens is 452 g/mol. The molecule has 8 heteroatoms. The van der Waals surface area contributed by atoms with E-state index in [0.29, 0.717) is 24.2 Å². The molecule has 1 N–H and O–H groups in total. The van der Waals surface area contributed by atoms with Gasteiger partial charge in [-0.05, 0) is 43.9 Å². The van der Waals surface area contributed by atoms with Gasteiger partial charge in [-0.25, -0.2) is 0 Å². The van der Waals surface area contributed by atoms with Crippen molar-refractivity contribution in [1.29, 1.82) is 5.26 Å². The lowest BCUT2D eigenvalue weighted by atomic mass is 9.79. The molecular formula is C28H30N6O2. The van der Waals surface area contributed by atoms with Crippen LogP contribution in [0.2, 0.25) is 0 Å². The Balaban J connectivity index is 1.50. The first-order valence-corrected chi connectivity index (χ1v) is 12.7. The molecule has 4 heterocycles. The van der Waals surface area contributed by atoms with Crippen molar-refractivity contribution >= 4 is 22.5 Å². The number of anilines is 1. The normalized spacial score (nSPS) is 19.1. The van der Waals surface area contributed by atoms with Crippen molar-refractivity contribution in [3.63, 3.8) is 0 Å². The van der Waals surface area contributed by atoms with Gasteiger partial charge in [0.2, 0.25) is 5.91 Å². The molecule has 1 saturated carbocycles. The maximum atomic E-state index is 14.1. The number of pyridine rings is 1. The van der Waals surface area contributed by atoms with Gasteiger partial charge in [0.15, 0.2) is 0 Å². The van der Waals surface area contributed by atoms with Gasteiger partial charge < -0.3 is 14.4 Å². The summed E-state index contributed by atoms with van der Waals surface area (Å²) in [6.07, 6.45) is 10.2. The number of hydrogen-bond acceptors (Lipinski definition) is 5. The largest absolute Gasteiger partial charge is 0.369 e. The van der Waals surface area contributed by atoms with Crippen LogP contribution < -0.4 is 10.5 Å². The van der Waals surface area contributed by atoms with Crippen LogP contribution in [-0.2, 0) is 4.79 Å². The van der Waals surface area contributed by atoms with E-state index in [2.05, 4.69) is 27.7 Å². The predicted molar refractivity (Wildman–Crippen MR) is 139 cm³/mol. The van der Waals surface area contributed by atoms with Crippen LogP contribution in [0.15, 0.2) is 42.0 Å². The fourth-order valence-electron chi connectivity index (χ4n) is 6.56. The highest BCUT2D eigenvalue weighted by Crippen LogP contribution is 2.44. The highest BCUT2D eigenvalue weighted by molar-refractivity contribution is 5.98. The lowest BCUT2D eigenvalue weighted by Gasteiger charge is -2.47. The summed E-state index contributed by atoms with van der Waals surface area (Å²) in [6, 6.07) is 6.51. The van der Waals surface area contributed by atoms with E-state index in [1.807, 2.05) is 34.7 Å². The van der Waals surface area contributed by atoms with Gasteiger partial charge in [-0.2, -0.15) is 10.4 Å². The van der Waals surface area contributed by atoms with E-state index in [4.69, 9.17) is 0 Å². The molecule has 0 atom stereocenters. The molecule has 184 valence electrons. The number of carbonyl (C=O) groups is 1. The van der Waals surface area contributed by atoms with Crippen molar-refractivity contribution in [1.82, 2.24) is 19.7 Å². The molecule has 36 heavy (non-hydrogen) atoms. The zero-order chi connectivity index (χ0) is 25.0. The maximum absolute atomic E-state index is 14.1. The number of nitrogens with zero attached hydrogens (tertiary/aromatic N) is 5. The molecule has 0 radical (unpaired) electrons. The first-order chi connectivity index (χ1) is 17.4. The third-order valence-electron chi connectivity index (χ3n) is 8.45. The molecule has 8 nitrogen and oxygen atoms in total. The number of hydrogen-bond donors (Lipinski definition) is 1. The van der Waals surface area contributed by atoms with E-state index in [1.54, 1.807) is 6.20 Å². The zero-order valence-electron chi connectivity index (χ0n) is 20.6. The van der Waals surface area contributed by atoms with Crippen LogP contribution in [0.5, 0.6) is 0 Å². The Labute approximate surface area is 209 Å². The van der Waals surface area contributed by atoms with Crippen LogP contribution in [0.3, 0.4) is 0 Å². The molecule has 1 amide bonds. The Morgan fingerprint density at radius 1 is 1.25 bits per heavy atom. The molecule has 1 spiro atoms. The van der Waals surface area contributed by atoms with Crippen molar-refractivity contribution in [2.45, 2.75) is 45.1 Å². The molecule has 2 aromatic heterocycles. The number of fused-ring (bicyclic) bond motifs is 1. The Morgan fingerprint density at radius 3 is 2.75 bits per heavy atom. The van der Waals surface area contributed by atoms with Gasteiger partial charge in [0, 0.05) is 54.8 Å². The number of nitriles is 1. The Bertz CT molecular complexity index is 1480. The number of aromatic amines is 1. The number of aryl methyl sites for hydroxylation is 1. The van der Waals surface area contributed by atoms with Crippen LogP contribution in [0.4, 0.5) is 5.69 Å². The van der Waals surface area contributed by atoms with Crippen molar-refractivity contribution in [2.75, 3.05) is 31.1 Å². The van der Waals surface area contributed by atoms with E-state index in [9.17, 15) is 14.9 Å². The topological polar surface area (TPSA) is 98.0 Å². The summed E-state index contributed by atoms with van der Waals surface area (Å²) < 4.78 is 1.90. The van der Waals surface area contributed by atoms with Crippen LogP contribution in [0.1, 0.15) is 49.3 Å². The molecule has 1 aliphatic carbocycles. The highest BCUT2D eigenvalue weighted by Gasteiger charge is 2.49. The number of aromatic nitrogens is 3. The minimum absolute atomic E-state index is 0.0281. The third-order valence-corrected chi connectivity index (χ3v) is 8.45. The van der Waals surface area contributed by atoms with Crippen molar-refractivity contribution in [3.8, 4) is 17.2 Å². The number of nitrogens with one attached hydrogen (secondary N) is 1. The summed E-state index contributed by atoms with van der Waals surface area (Å²) in [6.45, 7) is 8.56. The van der Waals surface area contributed by atoms with E-state index < -0.39 is 0 Å². The average molecular weight is 483 g/mol. The fourth-order valence-corrected chi connectivity index (χ4v) is 6.56. The Hall–Kier alpha value is -3.86. The van der Waals surface area contributed by atoms with E-state index in [-0.39, 0.29) is 22.9 Å². The molecule has 1 aromatic carbocycles. The summed E-state index contributed by atoms with van der Waals surface area (Å²) in [7, 11) is 0. The predicted octanol–water partition coefficient (Wildman–Crippen LogP) is 3.91. The summed E-state index contributed by atoms with van der Waals surface area (Å²) >= 11 is 0. The summed E-state index contributed by atoms with van der Waals surface area (Å²) in [5, 5.41) is 18.5. The van der Waals surface area contributed by atoms with E-state index in [0.717, 1.165) is 72.9 Å². The van der Waals surface area contributed by atoms with E-state index >= 15 is 0 Å². The molecule has 0 unspecified atom stereocenters. The lowest BCUT2D eigenvalue weighted by Crippen LogP contribution is -2.59. The van der Waals surface area contributed by atoms with Gasteiger partial charge in [-0.15, -0.1) is 0 Å². The van der Waals surface area contributed by atoms with Gasteiger partial charge >= 0.3 is 0 Å². The second-order valence-corrected chi connectivity index (χ2v) is 10.7. The molecule has 3 aromatic rings. The average Bonchev–Trinajstić information content (AvgIpc) is 3.63. The van der Waals surface area contributed by atoms with Gasteiger partial charge in [0.25, 0.3) is 5.56 Å². The second-order valence-electron chi connectivity index (χ2n) is 10.7. The number of benzene rings is 1. The summed E-state index contributed by atoms with van der Waals surface area (Å²) in [5.41, 5.74) is 4.24.